The molecule has 2 saturated carbocycles. The van der Waals surface area contributed by atoms with Crippen LogP contribution in [0.25, 0.3) is 0 Å². The molecule has 0 aliphatic heterocycles. The standard InChI is InChI=1S/C9H18N2/c1-8(5-6-8)11-7-9(10)3-2-4-9/h11H,2-7,10H2,1H3. The summed E-state index contributed by atoms with van der Waals surface area (Å²) in [5.41, 5.74) is 6.69. The van der Waals surface area contributed by atoms with E-state index in [-0.39, 0.29) is 5.54 Å². The zero-order valence-corrected chi connectivity index (χ0v) is 7.32. The van der Waals surface area contributed by atoms with E-state index in [1.807, 2.05) is 0 Å². The number of hydrogen-bond acceptors (Lipinski definition) is 2. The van der Waals surface area contributed by atoms with Gasteiger partial charge in [0.1, 0.15) is 0 Å². The van der Waals surface area contributed by atoms with Gasteiger partial charge in [-0.1, -0.05) is 0 Å². The second-order valence-electron chi connectivity index (χ2n) is 4.63. The molecule has 0 bridgehead atoms. The lowest BCUT2D eigenvalue weighted by molar-refractivity contribution is 0.229. The molecule has 0 spiro atoms. The molecule has 0 saturated heterocycles. The molecule has 2 rings (SSSR count). The zero-order valence-electron chi connectivity index (χ0n) is 7.32. The van der Waals surface area contributed by atoms with Crippen molar-refractivity contribution in [2.24, 2.45) is 5.73 Å². The average molecular weight is 154 g/mol. The van der Waals surface area contributed by atoms with Crippen LogP contribution in [-0.4, -0.2) is 17.6 Å². The van der Waals surface area contributed by atoms with Gasteiger partial charge in [-0.05, 0) is 39.0 Å². The smallest absolute Gasteiger partial charge is 0.0281 e. The molecule has 0 unspecified atom stereocenters. The van der Waals surface area contributed by atoms with Gasteiger partial charge in [-0.15, -0.1) is 0 Å². The summed E-state index contributed by atoms with van der Waals surface area (Å²) in [7, 11) is 0. The SMILES string of the molecule is CC1(NCC2(N)CCC2)CC1. The van der Waals surface area contributed by atoms with Crippen molar-refractivity contribution in [1.29, 1.82) is 0 Å². The van der Waals surface area contributed by atoms with Crippen LogP contribution in [0.3, 0.4) is 0 Å². The van der Waals surface area contributed by atoms with Crippen molar-refractivity contribution in [1.82, 2.24) is 5.32 Å². The summed E-state index contributed by atoms with van der Waals surface area (Å²) in [5, 5.41) is 3.55. The van der Waals surface area contributed by atoms with Gasteiger partial charge in [0.15, 0.2) is 0 Å². The lowest BCUT2D eigenvalue weighted by Crippen LogP contribution is -2.55. The van der Waals surface area contributed by atoms with Crippen LogP contribution in [-0.2, 0) is 0 Å². The fourth-order valence-electron chi connectivity index (χ4n) is 1.56. The highest BCUT2D eigenvalue weighted by atomic mass is 15.0. The molecule has 0 radical (unpaired) electrons. The van der Waals surface area contributed by atoms with E-state index in [1.54, 1.807) is 0 Å². The Morgan fingerprint density at radius 3 is 2.27 bits per heavy atom. The van der Waals surface area contributed by atoms with Gasteiger partial charge in [0.05, 0.1) is 0 Å². The normalized spacial score (nSPS) is 31.1. The summed E-state index contributed by atoms with van der Waals surface area (Å²) in [5.74, 6) is 0. The van der Waals surface area contributed by atoms with E-state index in [9.17, 15) is 0 Å². The predicted octanol–water partition coefficient (Wildman–Crippen LogP) is 1.01. The van der Waals surface area contributed by atoms with E-state index in [0.717, 1.165) is 6.54 Å². The van der Waals surface area contributed by atoms with E-state index in [0.29, 0.717) is 5.54 Å². The second kappa shape index (κ2) is 2.20. The summed E-state index contributed by atoms with van der Waals surface area (Å²) in [4.78, 5) is 0. The molecule has 0 atom stereocenters. The summed E-state index contributed by atoms with van der Waals surface area (Å²) in [6, 6.07) is 0. The highest BCUT2D eigenvalue weighted by Gasteiger charge is 2.40. The fourth-order valence-corrected chi connectivity index (χ4v) is 1.56. The number of hydrogen-bond donors (Lipinski definition) is 2. The van der Waals surface area contributed by atoms with Gasteiger partial charge < -0.3 is 11.1 Å². The Labute approximate surface area is 68.5 Å². The molecule has 2 aliphatic carbocycles. The molecule has 11 heavy (non-hydrogen) atoms. The van der Waals surface area contributed by atoms with Crippen LogP contribution in [0.15, 0.2) is 0 Å². The molecule has 0 aromatic rings. The van der Waals surface area contributed by atoms with Gasteiger partial charge in [0.25, 0.3) is 0 Å². The van der Waals surface area contributed by atoms with Crippen LogP contribution >= 0.6 is 0 Å². The number of nitrogens with two attached hydrogens (primary N) is 1. The maximum atomic E-state index is 6.08. The van der Waals surface area contributed by atoms with Gasteiger partial charge in [-0.3, -0.25) is 0 Å². The maximum absolute atomic E-state index is 6.08. The molecule has 64 valence electrons. The first-order chi connectivity index (χ1) is 5.12. The summed E-state index contributed by atoms with van der Waals surface area (Å²) < 4.78 is 0. The van der Waals surface area contributed by atoms with Gasteiger partial charge in [-0.2, -0.15) is 0 Å². The van der Waals surface area contributed by atoms with Crippen LogP contribution < -0.4 is 11.1 Å². The van der Waals surface area contributed by atoms with Crippen LogP contribution in [0.1, 0.15) is 39.0 Å². The molecule has 2 fully saturated rings. The summed E-state index contributed by atoms with van der Waals surface area (Å²) in [6.07, 6.45) is 6.44. The molecule has 0 heterocycles. The Bertz CT molecular complexity index is 157. The van der Waals surface area contributed by atoms with E-state index in [1.165, 1.54) is 32.1 Å². The minimum Gasteiger partial charge on any atom is -0.324 e. The monoisotopic (exact) mass is 154 g/mol. The Morgan fingerprint density at radius 1 is 1.27 bits per heavy atom. The van der Waals surface area contributed by atoms with Gasteiger partial charge >= 0.3 is 0 Å². The Hall–Kier alpha value is -0.0800. The second-order valence-corrected chi connectivity index (χ2v) is 4.63. The molecule has 3 N–H and O–H groups in total. The highest BCUT2D eigenvalue weighted by molar-refractivity contribution is 5.02. The van der Waals surface area contributed by atoms with Crippen LogP contribution in [0.5, 0.6) is 0 Å². The van der Waals surface area contributed by atoms with Crippen molar-refractivity contribution < 1.29 is 0 Å². The lowest BCUT2D eigenvalue weighted by atomic mass is 9.77. The minimum absolute atomic E-state index is 0.158. The number of rotatable bonds is 3. The van der Waals surface area contributed by atoms with E-state index in [2.05, 4.69) is 12.2 Å². The first kappa shape index (κ1) is 7.56. The first-order valence-electron chi connectivity index (χ1n) is 4.66. The van der Waals surface area contributed by atoms with Crippen LogP contribution in [0, 0.1) is 0 Å². The minimum atomic E-state index is 0.158. The van der Waals surface area contributed by atoms with Crippen molar-refractivity contribution in [3.05, 3.63) is 0 Å². The zero-order chi connectivity index (χ0) is 7.95. The molecular formula is C9H18N2. The fraction of sp³-hybridized carbons (Fsp3) is 1.00. The van der Waals surface area contributed by atoms with Gasteiger partial charge in [0, 0.05) is 17.6 Å². The quantitative estimate of drug-likeness (QED) is 0.636. The molecule has 0 aromatic carbocycles. The summed E-state index contributed by atoms with van der Waals surface area (Å²) in [6.45, 7) is 3.32. The predicted molar refractivity (Wildman–Crippen MR) is 46.4 cm³/mol. The Balaban J connectivity index is 1.73. The largest absolute Gasteiger partial charge is 0.324 e. The van der Waals surface area contributed by atoms with Crippen molar-refractivity contribution in [2.75, 3.05) is 6.54 Å². The lowest BCUT2D eigenvalue weighted by Gasteiger charge is -2.39. The number of nitrogens with one attached hydrogen (secondary N) is 1. The van der Waals surface area contributed by atoms with Gasteiger partial charge in [-0.25, -0.2) is 0 Å². The molecule has 0 aromatic heterocycles. The topological polar surface area (TPSA) is 38.0 Å². The van der Waals surface area contributed by atoms with Crippen molar-refractivity contribution in [3.63, 3.8) is 0 Å². The van der Waals surface area contributed by atoms with E-state index >= 15 is 0 Å². The third kappa shape index (κ3) is 1.57. The molecule has 2 nitrogen and oxygen atoms in total. The maximum Gasteiger partial charge on any atom is 0.0281 e. The van der Waals surface area contributed by atoms with Gasteiger partial charge in [0.2, 0.25) is 0 Å². The molecular weight excluding hydrogens is 136 g/mol. The van der Waals surface area contributed by atoms with E-state index < -0.39 is 0 Å². The van der Waals surface area contributed by atoms with Crippen LogP contribution in [0.4, 0.5) is 0 Å². The van der Waals surface area contributed by atoms with Crippen molar-refractivity contribution >= 4 is 0 Å². The first-order valence-corrected chi connectivity index (χ1v) is 4.66. The molecule has 2 heteroatoms. The Kier molecular flexibility index (Phi) is 1.52. The third-order valence-electron chi connectivity index (χ3n) is 3.22. The Morgan fingerprint density at radius 2 is 1.91 bits per heavy atom. The highest BCUT2D eigenvalue weighted by Crippen LogP contribution is 2.36. The average Bonchev–Trinajstić information content (AvgIpc) is 2.61. The summed E-state index contributed by atoms with van der Waals surface area (Å²) >= 11 is 0. The van der Waals surface area contributed by atoms with E-state index in [4.69, 9.17) is 5.73 Å². The molecule has 0 amide bonds. The van der Waals surface area contributed by atoms with Crippen LogP contribution in [0.2, 0.25) is 0 Å². The third-order valence-corrected chi connectivity index (χ3v) is 3.22. The van der Waals surface area contributed by atoms with Crippen molar-refractivity contribution in [2.45, 2.75) is 50.1 Å². The molecule has 2 aliphatic rings. The van der Waals surface area contributed by atoms with Crippen molar-refractivity contribution in [3.8, 4) is 0 Å².